The molecule has 2 aromatic carbocycles. The molecule has 2 N–H and O–H groups in total. The highest BCUT2D eigenvalue weighted by Gasteiger charge is 2.07. The Balaban J connectivity index is 2.69. The van der Waals surface area contributed by atoms with E-state index in [-0.39, 0.29) is 0 Å². The Morgan fingerprint density at radius 2 is 1.50 bits per heavy atom. The molecular weight excluding hydrogens is 194 g/mol. The standard InChI is InChI=1S/C15H17N/c1-10-6-4-5-7-14(10)15-9-13(16)8-11(2)12(15)3/h4-9H,16H2,1-3H3. The van der Waals surface area contributed by atoms with Gasteiger partial charge in [0.15, 0.2) is 0 Å². The summed E-state index contributed by atoms with van der Waals surface area (Å²) < 4.78 is 0. The van der Waals surface area contributed by atoms with Gasteiger partial charge in [0, 0.05) is 5.69 Å². The summed E-state index contributed by atoms with van der Waals surface area (Å²) in [5.74, 6) is 0. The van der Waals surface area contributed by atoms with Crippen molar-refractivity contribution in [1.29, 1.82) is 0 Å². The van der Waals surface area contributed by atoms with Crippen molar-refractivity contribution < 1.29 is 0 Å². The van der Waals surface area contributed by atoms with Crippen LogP contribution in [0.3, 0.4) is 0 Å². The summed E-state index contributed by atoms with van der Waals surface area (Å²) in [5.41, 5.74) is 13.1. The van der Waals surface area contributed by atoms with Crippen molar-refractivity contribution in [3.8, 4) is 11.1 Å². The molecule has 0 aliphatic heterocycles. The molecule has 0 aliphatic rings. The summed E-state index contributed by atoms with van der Waals surface area (Å²) in [4.78, 5) is 0. The lowest BCUT2D eigenvalue weighted by atomic mass is 9.93. The molecule has 0 bridgehead atoms. The molecule has 0 unspecified atom stereocenters. The number of benzene rings is 2. The van der Waals surface area contributed by atoms with E-state index in [9.17, 15) is 0 Å². The van der Waals surface area contributed by atoms with Crippen molar-refractivity contribution in [3.05, 3.63) is 53.1 Å². The van der Waals surface area contributed by atoms with Crippen molar-refractivity contribution in [3.63, 3.8) is 0 Å². The van der Waals surface area contributed by atoms with Gasteiger partial charge in [0.05, 0.1) is 0 Å². The average Bonchev–Trinajstić information content (AvgIpc) is 2.24. The highest BCUT2D eigenvalue weighted by Crippen LogP contribution is 2.30. The van der Waals surface area contributed by atoms with Crippen LogP contribution < -0.4 is 5.73 Å². The minimum atomic E-state index is 0.835. The van der Waals surface area contributed by atoms with E-state index in [0.717, 1.165) is 5.69 Å². The molecule has 1 nitrogen and oxygen atoms in total. The molecular formula is C15H17N. The second kappa shape index (κ2) is 4.01. The summed E-state index contributed by atoms with van der Waals surface area (Å²) in [7, 11) is 0. The molecule has 2 aromatic rings. The van der Waals surface area contributed by atoms with E-state index >= 15 is 0 Å². The van der Waals surface area contributed by atoms with Gasteiger partial charge in [-0.2, -0.15) is 0 Å². The topological polar surface area (TPSA) is 26.0 Å². The lowest BCUT2D eigenvalue weighted by Gasteiger charge is -2.12. The fourth-order valence-corrected chi connectivity index (χ4v) is 2.04. The van der Waals surface area contributed by atoms with Crippen LogP contribution in [-0.4, -0.2) is 0 Å². The Hall–Kier alpha value is -1.76. The van der Waals surface area contributed by atoms with E-state index in [4.69, 9.17) is 5.73 Å². The molecule has 0 radical (unpaired) electrons. The summed E-state index contributed by atoms with van der Waals surface area (Å²) in [6.45, 7) is 6.39. The van der Waals surface area contributed by atoms with Gasteiger partial charge in [-0.25, -0.2) is 0 Å². The maximum Gasteiger partial charge on any atom is 0.0323 e. The zero-order valence-electron chi connectivity index (χ0n) is 10.0. The van der Waals surface area contributed by atoms with Gasteiger partial charge in [0.2, 0.25) is 0 Å². The first-order valence-corrected chi connectivity index (χ1v) is 5.52. The zero-order valence-corrected chi connectivity index (χ0v) is 10.0. The first-order valence-electron chi connectivity index (χ1n) is 5.52. The van der Waals surface area contributed by atoms with Crippen LogP contribution in [0.15, 0.2) is 36.4 Å². The lowest BCUT2D eigenvalue weighted by molar-refractivity contribution is 1.33. The molecule has 0 saturated carbocycles. The molecule has 16 heavy (non-hydrogen) atoms. The van der Waals surface area contributed by atoms with Gasteiger partial charge in [-0.15, -0.1) is 0 Å². The van der Waals surface area contributed by atoms with Crippen molar-refractivity contribution >= 4 is 5.69 Å². The van der Waals surface area contributed by atoms with Gasteiger partial charge >= 0.3 is 0 Å². The third-order valence-corrected chi connectivity index (χ3v) is 3.12. The molecule has 1 heteroatoms. The van der Waals surface area contributed by atoms with Crippen LogP contribution >= 0.6 is 0 Å². The second-order valence-corrected chi connectivity index (χ2v) is 4.33. The molecule has 0 aliphatic carbocycles. The van der Waals surface area contributed by atoms with Crippen LogP contribution in [0.1, 0.15) is 16.7 Å². The Morgan fingerprint density at radius 1 is 0.812 bits per heavy atom. The molecule has 0 heterocycles. The SMILES string of the molecule is Cc1ccccc1-c1cc(N)cc(C)c1C. The zero-order chi connectivity index (χ0) is 11.7. The van der Waals surface area contributed by atoms with Gasteiger partial charge in [-0.05, 0) is 60.7 Å². The number of anilines is 1. The van der Waals surface area contributed by atoms with E-state index < -0.39 is 0 Å². The monoisotopic (exact) mass is 211 g/mol. The van der Waals surface area contributed by atoms with E-state index in [2.05, 4.69) is 51.1 Å². The Kier molecular flexibility index (Phi) is 2.69. The Morgan fingerprint density at radius 3 is 2.19 bits per heavy atom. The predicted octanol–water partition coefficient (Wildman–Crippen LogP) is 3.86. The minimum absolute atomic E-state index is 0.835. The van der Waals surface area contributed by atoms with Crippen molar-refractivity contribution in [2.45, 2.75) is 20.8 Å². The lowest BCUT2D eigenvalue weighted by Crippen LogP contribution is -1.93. The van der Waals surface area contributed by atoms with Gasteiger partial charge in [0.1, 0.15) is 0 Å². The Bertz CT molecular complexity index is 527. The fourth-order valence-electron chi connectivity index (χ4n) is 2.04. The summed E-state index contributed by atoms with van der Waals surface area (Å²) in [6, 6.07) is 12.5. The number of nitrogen functional groups attached to an aromatic ring is 1. The fraction of sp³-hybridized carbons (Fsp3) is 0.200. The van der Waals surface area contributed by atoms with Crippen molar-refractivity contribution in [1.82, 2.24) is 0 Å². The number of hydrogen-bond donors (Lipinski definition) is 1. The number of rotatable bonds is 1. The number of aryl methyl sites for hydroxylation is 2. The molecule has 0 atom stereocenters. The van der Waals surface area contributed by atoms with E-state index in [1.54, 1.807) is 0 Å². The summed E-state index contributed by atoms with van der Waals surface area (Å²) >= 11 is 0. The third-order valence-electron chi connectivity index (χ3n) is 3.12. The summed E-state index contributed by atoms with van der Waals surface area (Å²) in [5, 5.41) is 0. The average molecular weight is 211 g/mol. The molecule has 0 fully saturated rings. The van der Waals surface area contributed by atoms with Crippen LogP contribution in [-0.2, 0) is 0 Å². The quantitative estimate of drug-likeness (QED) is 0.712. The van der Waals surface area contributed by atoms with Crippen LogP contribution in [0.4, 0.5) is 5.69 Å². The third kappa shape index (κ3) is 1.81. The molecule has 0 amide bonds. The maximum atomic E-state index is 5.92. The highest BCUT2D eigenvalue weighted by molar-refractivity contribution is 5.74. The van der Waals surface area contributed by atoms with Gasteiger partial charge in [0.25, 0.3) is 0 Å². The smallest absolute Gasteiger partial charge is 0.0323 e. The first-order chi connectivity index (χ1) is 7.59. The highest BCUT2D eigenvalue weighted by atomic mass is 14.5. The van der Waals surface area contributed by atoms with Crippen LogP contribution in [0.5, 0.6) is 0 Å². The minimum Gasteiger partial charge on any atom is -0.399 e. The number of nitrogens with two attached hydrogens (primary N) is 1. The van der Waals surface area contributed by atoms with Gasteiger partial charge in [-0.1, -0.05) is 24.3 Å². The largest absolute Gasteiger partial charge is 0.399 e. The summed E-state index contributed by atoms with van der Waals surface area (Å²) in [6.07, 6.45) is 0. The Labute approximate surface area is 96.9 Å². The van der Waals surface area contributed by atoms with Crippen LogP contribution in [0, 0.1) is 20.8 Å². The molecule has 0 aromatic heterocycles. The van der Waals surface area contributed by atoms with Crippen molar-refractivity contribution in [2.24, 2.45) is 0 Å². The van der Waals surface area contributed by atoms with Gasteiger partial charge < -0.3 is 5.73 Å². The van der Waals surface area contributed by atoms with Crippen LogP contribution in [0.2, 0.25) is 0 Å². The normalized spacial score (nSPS) is 10.4. The first kappa shape index (κ1) is 10.7. The van der Waals surface area contributed by atoms with E-state index in [0.29, 0.717) is 0 Å². The van der Waals surface area contributed by atoms with Crippen LogP contribution in [0.25, 0.3) is 11.1 Å². The molecule has 0 saturated heterocycles. The second-order valence-electron chi connectivity index (χ2n) is 4.33. The van der Waals surface area contributed by atoms with Gasteiger partial charge in [-0.3, -0.25) is 0 Å². The van der Waals surface area contributed by atoms with Crippen molar-refractivity contribution in [2.75, 3.05) is 5.73 Å². The van der Waals surface area contributed by atoms with E-state index in [1.807, 2.05) is 6.07 Å². The van der Waals surface area contributed by atoms with E-state index in [1.165, 1.54) is 27.8 Å². The molecule has 0 spiro atoms. The molecule has 2 rings (SSSR count). The number of hydrogen-bond acceptors (Lipinski definition) is 1. The molecule has 82 valence electrons. The maximum absolute atomic E-state index is 5.92. The predicted molar refractivity (Wildman–Crippen MR) is 70.5 cm³/mol.